The van der Waals surface area contributed by atoms with Crippen LogP contribution in [-0.4, -0.2) is 0 Å². The molecular weight excluding hydrogens is 240 g/mol. The molecule has 0 fully saturated rings. The smallest absolute Gasteiger partial charge is 0.0302 e. The first-order chi connectivity index (χ1) is 9.53. The third-order valence-electron chi connectivity index (χ3n) is 2.68. The van der Waals surface area contributed by atoms with Gasteiger partial charge in [-0.05, 0) is 48.9 Å². The molecule has 0 aliphatic heterocycles. The van der Waals surface area contributed by atoms with Gasteiger partial charge in [0.15, 0.2) is 0 Å². The average Bonchev–Trinajstić information content (AvgIpc) is 2.43. The molecule has 0 nitrogen and oxygen atoms in total. The lowest BCUT2D eigenvalue weighted by Gasteiger charge is -2.11. The van der Waals surface area contributed by atoms with Gasteiger partial charge in [0.2, 0.25) is 0 Å². The molecule has 0 N–H and O–H groups in total. The lowest BCUT2D eigenvalue weighted by molar-refractivity contribution is 1.03. The van der Waals surface area contributed by atoms with E-state index < -0.39 is 0 Å². The van der Waals surface area contributed by atoms with Gasteiger partial charge in [-0.2, -0.15) is 0 Å². The van der Waals surface area contributed by atoms with E-state index in [1.54, 1.807) is 0 Å². The SMILES string of the molecule is CC.CCC.CCC.CCc1ccc(C)c(CC)c1C. The van der Waals surface area contributed by atoms with Crippen LogP contribution >= 0.6 is 0 Å². The molecule has 120 valence electrons. The molecule has 0 bridgehead atoms. The van der Waals surface area contributed by atoms with Crippen LogP contribution in [0.1, 0.15) is 90.5 Å². The van der Waals surface area contributed by atoms with Crippen LogP contribution in [0.25, 0.3) is 0 Å². The van der Waals surface area contributed by atoms with Gasteiger partial charge in [0.25, 0.3) is 0 Å². The van der Waals surface area contributed by atoms with E-state index >= 15 is 0 Å². The topological polar surface area (TPSA) is 0 Å². The molecule has 0 saturated heterocycles. The molecule has 0 aliphatic rings. The molecule has 1 aromatic rings. The van der Waals surface area contributed by atoms with Crippen LogP contribution in [0.4, 0.5) is 0 Å². The summed E-state index contributed by atoms with van der Waals surface area (Å²) < 4.78 is 0. The molecule has 1 aromatic carbocycles. The Morgan fingerprint density at radius 1 is 0.700 bits per heavy atom. The van der Waals surface area contributed by atoms with Crippen molar-refractivity contribution < 1.29 is 0 Å². The lowest BCUT2D eigenvalue weighted by atomic mass is 9.95. The van der Waals surface area contributed by atoms with Crippen molar-refractivity contribution in [3.8, 4) is 0 Å². The van der Waals surface area contributed by atoms with Crippen molar-refractivity contribution in [3.05, 3.63) is 34.4 Å². The molecule has 20 heavy (non-hydrogen) atoms. The van der Waals surface area contributed by atoms with E-state index in [0.717, 1.165) is 12.8 Å². The third-order valence-corrected chi connectivity index (χ3v) is 2.68. The van der Waals surface area contributed by atoms with Gasteiger partial charge in [-0.25, -0.2) is 0 Å². The van der Waals surface area contributed by atoms with Crippen LogP contribution in [0.5, 0.6) is 0 Å². The van der Waals surface area contributed by atoms with Gasteiger partial charge < -0.3 is 0 Å². The minimum Gasteiger partial charge on any atom is -0.0683 e. The standard InChI is InChI=1S/C12H18.2C3H8.C2H6/c1-5-11-8-7-9(3)12(6-2)10(11)4;2*1-3-2;1-2/h7-8H,5-6H2,1-4H3;2*3H2,1-2H3;1-2H3. The number of rotatable bonds is 2. The normalized spacial score (nSPS) is 8.30. The highest BCUT2D eigenvalue weighted by molar-refractivity contribution is 5.39. The van der Waals surface area contributed by atoms with E-state index in [1.807, 2.05) is 13.8 Å². The Kier molecular flexibility index (Phi) is 22.1. The molecule has 0 atom stereocenters. The largest absolute Gasteiger partial charge is 0.0683 e. The molecule has 0 unspecified atom stereocenters. The number of aryl methyl sites for hydroxylation is 2. The maximum atomic E-state index is 2.25. The summed E-state index contributed by atoms with van der Waals surface area (Å²) in [6.07, 6.45) is 4.81. The van der Waals surface area contributed by atoms with Gasteiger partial charge in [-0.15, -0.1) is 0 Å². The minimum atomic E-state index is 1.15. The van der Waals surface area contributed by atoms with E-state index in [-0.39, 0.29) is 0 Å². The Balaban J connectivity index is -0.000000304. The number of benzene rings is 1. The summed E-state index contributed by atoms with van der Waals surface area (Å²) in [6.45, 7) is 21.4. The summed E-state index contributed by atoms with van der Waals surface area (Å²) in [4.78, 5) is 0. The zero-order chi connectivity index (χ0) is 16.6. The summed E-state index contributed by atoms with van der Waals surface area (Å²) in [5, 5.41) is 0. The Hall–Kier alpha value is -0.780. The quantitative estimate of drug-likeness (QED) is 0.533. The molecule has 1 rings (SSSR count). The van der Waals surface area contributed by atoms with Crippen LogP contribution in [0.3, 0.4) is 0 Å². The third kappa shape index (κ3) is 11.1. The molecule has 0 spiro atoms. The second kappa shape index (κ2) is 18.2. The molecule has 0 radical (unpaired) electrons. The zero-order valence-corrected chi connectivity index (χ0v) is 16.0. The fourth-order valence-corrected chi connectivity index (χ4v) is 1.87. The van der Waals surface area contributed by atoms with E-state index in [1.165, 1.54) is 35.1 Å². The first kappa shape index (κ1) is 24.3. The van der Waals surface area contributed by atoms with Crippen molar-refractivity contribution in [2.75, 3.05) is 0 Å². The maximum absolute atomic E-state index is 2.25. The van der Waals surface area contributed by atoms with Crippen molar-refractivity contribution in [3.63, 3.8) is 0 Å². The lowest BCUT2D eigenvalue weighted by Crippen LogP contribution is -1.96. The van der Waals surface area contributed by atoms with Crippen molar-refractivity contribution in [2.24, 2.45) is 0 Å². The Labute approximate surface area is 130 Å². The summed E-state index contributed by atoms with van der Waals surface area (Å²) in [7, 11) is 0. The van der Waals surface area contributed by atoms with Crippen molar-refractivity contribution in [2.45, 2.75) is 94.9 Å². The van der Waals surface area contributed by atoms with Crippen LogP contribution < -0.4 is 0 Å². The molecule has 0 aromatic heterocycles. The fraction of sp³-hybridized carbons (Fsp3) is 0.700. The highest BCUT2D eigenvalue weighted by atomic mass is 14.1. The summed E-state index contributed by atoms with van der Waals surface area (Å²) in [5.41, 5.74) is 5.97. The first-order valence-electron chi connectivity index (χ1n) is 8.61. The monoisotopic (exact) mass is 280 g/mol. The Bertz CT molecular complexity index is 295. The average molecular weight is 281 g/mol. The van der Waals surface area contributed by atoms with Gasteiger partial charge in [-0.3, -0.25) is 0 Å². The van der Waals surface area contributed by atoms with E-state index in [0.29, 0.717) is 0 Å². The molecule has 0 heteroatoms. The van der Waals surface area contributed by atoms with E-state index in [2.05, 4.69) is 67.5 Å². The van der Waals surface area contributed by atoms with Crippen LogP contribution in [0.2, 0.25) is 0 Å². The summed E-state index contributed by atoms with van der Waals surface area (Å²) >= 11 is 0. The van der Waals surface area contributed by atoms with Crippen molar-refractivity contribution in [1.29, 1.82) is 0 Å². The van der Waals surface area contributed by atoms with E-state index in [4.69, 9.17) is 0 Å². The Morgan fingerprint density at radius 3 is 1.40 bits per heavy atom. The van der Waals surface area contributed by atoms with Crippen LogP contribution in [0, 0.1) is 13.8 Å². The van der Waals surface area contributed by atoms with Crippen LogP contribution in [0.15, 0.2) is 12.1 Å². The van der Waals surface area contributed by atoms with Crippen molar-refractivity contribution in [1.82, 2.24) is 0 Å². The molecule has 0 saturated carbocycles. The number of hydrogen-bond donors (Lipinski definition) is 0. The van der Waals surface area contributed by atoms with Gasteiger partial charge in [-0.1, -0.05) is 80.4 Å². The van der Waals surface area contributed by atoms with Gasteiger partial charge >= 0.3 is 0 Å². The highest BCUT2D eigenvalue weighted by Gasteiger charge is 2.03. The highest BCUT2D eigenvalue weighted by Crippen LogP contribution is 2.18. The summed E-state index contributed by atoms with van der Waals surface area (Å²) in [6, 6.07) is 4.49. The van der Waals surface area contributed by atoms with Gasteiger partial charge in [0.05, 0.1) is 0 Å². The predicted octanol–water partition coefficient (Wildman–Crippen LogP) is 7.29. The Morgan fingerprint density at radius 2 is 1.10 bits per heavy atom. The first-order valence-corrected chi connectivity index (χ1v) is 8.61. The molecule has 0 amide bonds. The summed E-state index contributed by atoms with van der Waals surface area (Å²) in [5.74, 6) is 0. The molecule has 0 heterocycles. The predicted molar refractivity (Wildman–Crippen MR) is 98.0 cm³/mol. The van der Waals surface area contributed by atoms with Gasteiger partial charge in [0.1, 0.15) is 0 Å². The van der Waals surface area contributed by atoms with Gasteiger partial charge in [0, 0.05) is 0 Å². The van der Waals surface area contributed by atoms with Crippen molar-refractivity contribution >= 4 is 0 Å². The fourth-order valence-electron chi connectivity index (χ4n) is 1.87. The number of hydrogen-bond acceptors (Lipinski definition) is 0. The molecule has 0 aliphatic carbocycles. The maximum Gasteiger partial charge on any atom is -0.0302 e. The van der Waals surface area contributed by atoms with Crippen LogP contribution in [-0.2, 0) is 12.8 Å². The van der Waals surface area contributed by atoms with E-state index in [9.17, 15) is 0 Å². The molecular formula is C20H40. The zero-order valence-electron chi connectivity index (χ0n) is 16.0. The minimum absolute atomic E-state index is 1.15. The second-order valence-electron chi connectivity index (χ2n) is 4.77. The second-order valence-corrected chi connectivity index (χ2v) is 4.77.